The summed E-state index contributed by atoms with van der Waals surface area (Å²) in [6.07, 6.45) is 4.52. The molecule has 0 N–H and O–H groups in total. The van der Waals surface area contributed by atoms with Crippen LogP contribution in [0.25, 0.3) is 21.9 Å². The summed E-state index contributed by atoms with van der Waals surface area (Å²) in [6.45, 7) is 3.79. The van der Waals surface area contributed by atoms with Crippen molar-refractivity contribution in [1.29, 1.82) is 0 Å². The Kier molecular flexibility index (Phi) is 2.34. The second-order valence-corrected chi connectivity index (χ2v) is 5.69. The second kappa shape index (κ2) is 3.98. The lowest BCUT2D eigenvalue weighted by Crippen LogP contribution is -2.05. The number of benzene rings is 1. The zero-order valence-corrected chi connectivity index (χ0v) is 11.7. The van der Waals surface area contributed by atoms with Crippen molar-refractivity contribution in [2.24, 2.45) is 0 Å². The van der Waals surface area contributed by atoms with Gasteiger partial charge in [-0.05, 0) is 44.7 Å². The molecular formula is C17H16O3. The van der Waals surface area contributed by atoms with Crippen LogP contribution in [0.2, 0.25) is 0 Å². The van der Waals surface area contributed by atoms with Gasteiger partial charge in [-0.1, -0.05) is 0 Å². The van der Waals surface area contributed by atoms with E-state index in [0.29, 0.717) is 11.1 Å². The van der Waals surface area contributed by atoms with Crippen LogP contribution in [-0.2, 0) is 12.8 Å². The van der Waals surface area contributed by atoms with Gasteiger partial charge in [-0.2, -0.15) is 0 Å². The molecule has 4 rings (SSSR count). The number of hydrogen-bond donors (Lipinski definition) is 0. The Morgan fingerprint density at radius 3 is 2.50 bits per heavy atom. The third kappa shape index (κ3) is 1.49. The average molecular weight is 268 g/mol. The Morgan fingerprint density at radius 2 is 1.65 bits per heavy atom. The van der Waals surface area contributed by atoms with Gasteiger partial charge in [0.05, 0.1) is 0 Å². The molecule has 0 fully saturated rings. The molecule has 0 spiro atoms. The summed E-state index contributed by atoms with van der Waals surface area (Å²) >= 11 is 0. The smallest absolute Gasteiger partial charge is 0.339 e. The molecule has 2 aromatic heterocycles. The molecule has 0 saturated heterocycles. The maximum Gasteiger partial charge on any atom is 0.339 e. The molecular weight excluding hydrogens is 252 g/mol. The molecule has 3 aromatic rings. The van der Waals surface area contributed by atoms with E-state index in [2.05, 4.69) is 6.07 Å². The molecule has 3 nitrogen and oxygen atoms in total. The van der Waals surface area contributed by atoms with Crippen LogP contribution >= 0.6 is 0 Å². The van der Waals surface area contributed by atoms with Gasteiger partial charge in [-0.25, -0.2) is 4.79 Å². The first-order chi connectivity index (χ1) is 9.65. The van der Waals surface area contributed by atoms with Crippen molar-refractivity contribution in [3.63, 3.8) is 0 Å². The molecule has 3 heteroatoms. The van der Waals surface area contributed by atoms with Crippen molar-refractivity contribution in [3.8, 4) is 0 Å². The lowest BCUT2D eigenvalue weighted by Gasteiger charge is -2.08. The molecule has 1 aliphatic rings. The summed E-state index contributed by atoms with van der Waals surface area (Å²) in [6, 6.07) is 4.00. The van der Waals surface area contributed by atoms with Crippen molar-refractivity contribution >= 4 is 21.9 Å². The Hall–Kier alpha value is -2.03. The van der Waals surface area contributed by atoms with E-state index in [0.717, 1.165) is 35.1 Å². The summed E-state index contributed by atoms with van der Waals surface area (Å²) in [5, 5.41) is 2.20. The fourth-order valence-electron chi connectivity index (χ4n) is 3.20. The van der Waals surface area contributed by atoms with E-state index in [1.165, 1.54) is 23.8 Å². The van der Waals surface area contributed by atoms with E-state index < -0.39 is 0 Å². The summed E-state index contributed by atoms with van der Waals surface area (Å²) in [5.74, 6) is 1.11. The predicted molar refractivity (Wildman–Crippen MR) is 78.4 cm³/mol. The minimum absolute atomic E-state index is 0.259. The van der Waals surface area contributed by atoms with E-state index in [1.54, 1.807) is 0 Å². The summed E-state index contributed by atoms with van der Waals surface area (Å²) in [5.41, 5.74) is 4.24. The van der Waals surface area contributed by atoms with Crippen molar-refractivity contribution in [2.75, 3.05) is 0 Å². The number of furan rings is 1. The highest BCUT2D eigenvalue weighted by atomic mass is 16.4. The molecule has 2 heterocycles. The fraction of sp³-hybridized carbons (Fsp3) is 0.353. The molecule has 0 bridgehead atoms. The molecule has 20 heavy (non-hydrogen) atoms. The number of aryl methyl sites for hydroxylation is 3. The van der Waals surface area contributed by atoms with Crippen molar-refractivity contribution < 1.29 is 8.83 Å². The standard InChI is InChI=1S/C17H16O3/c1-9-10(2)17(18)20-15-8-16-13(7-12(9)15)11-5-3-4-6-14(11)19-16/h7-8H,3-6H2,1-2H3. The van der Waals surface area contributed by atoms with Crippen LogP contribution in [0.4, 0.5) is 0 Å². The first-order valence-electron chi connectivity index (χ1n) is 7.13. The van der Waals surface area contributed by atoms with Crippen LogP contribution in [0.1, 0.15) is 35.3 Å². The SMILES string of the molecule is Cc1c(C)c2cc3c4c(oc3cc2oc1=O)CCCC4. The zero-order valence-electron chi connectivity index (χ0n) is 11.7. The predicted octanol–water partition coefficient (Wildman–Crippen LogP) is 4.03. The molecule has 102 valence electrons. The van der Waals surface area contributed by atoms with Crippen LogP contribution < -0.4 is 5.63 Å². The van der Waals surface area contributed by atoms with Crippen LogP contribution in [0.3, 0.4) is 0 Å². The highest BCUT2D eigenvalue weighted by molar-refractivity contribution is 5.97. The number of fused-ring (bicyclic) bond motifs is 4. The first-order valence-corrected chi connectivity index (χ1v) is 7.13. The molecule has 1 aromatic carbocycles. The molecule has 1 aliphatic carbocycles. The summed E-state index contributed by atoms with van der Waals surface area (Å²) in [7, 11) is 0. The molecule has 0 aliphatic heterocycles. The Balaban J connectivity index is 2.15. The van der Waals surface area contributed by atoms with Gasteiger partial charge in [0.25, 0.3) is 0 Å². The topological polar surface area (TPSA) is 43.4 Å². The Labute approximate surface area is 116 Å². The van der Waals surface area contributed by atoms with Gasteiger partial charge in [-0.3, -0.25) is 0 Å². The Bertz CT molecular complexity index is 896. The van der Waals surface area contributed by atoms with E-state index in [1.807, 2.05) is 19.9 Å². The summed E-state index contributed by atoms with van der Waals surface area (Å²) < 4.78 is 11.3. The average Bonchev–Trinajstić information content (AvgIpc) is 2.81. The molecule has 0 saturated carbocycles. The maximum atomic E-state index is 11.8. The van der Waals surface area contributed by atoms with Gasteiger partial charge in [0.2, 0.25) is 0 Å². The monoisotopic (exact) mass is 268 g/mol. The second-order valence-electron chi connectivity index (χ2n) is 5.69. The van der Waals surface area contributed by atoms with E-state index >= 15 is 0 Å². The van der Waals surface area contributed by atoms with Gasteiger partial charge in [0, 0.05) is 34.4 Å². The minimum Gasteiger partial charge on any atom is -0.461 e. The van der Waals surface area contributed by atoms with Gasteiger partial charge in [0.15, 0.2) is 0 Å². The lowest BCUT2D eigenvalue weighted by atomic mass is 9.95. The van der Waals surface area contributed by atoms with E-state index in [9.17, 15) is 4.79 Å². The third-order valence-corrected chi connectivity index (χ3v) is 4.53. The molecule has 0 amide bonds. The first kappa shape index (κ1) is 11.8. The van der Waals surface area contributed by atoms with Crippen LogP contribution in [0, 0.1) is 13.8 Å². The molecule has 0 unspecified atom stereocenters. The van der Waals surface area contributed by atoms with Crippen molar-refractivity contribution in [3.05, 3.63) is 45.0 Å². The molecule has 0 atom stereocenters. The van der Waals surface area contributed by atoms with Crippen molar-refractivity contribution in [1.82, 2.24) is 0 Å². The minimum atomic E-state index is -0.259. The zero-order chi connectivity index (χ0) is 13.9. The van der Waals surface area contributed by atoms with Gasteiger partial charge >= 0.3 is 5.63 Å². The number of rotatable bonds is 0. The fourth-order valence-corrected chi connectivity index (χ4v) is 3.20. The largest absolute Gasteiger partial charge is 0.461 e. The number of hydrogen-bond acceptors (Lipinski definition) is 3. The normalized spacial score (nSPS) is 14.9. The highest BCUT2D eigenvalue weighted by Crippen LogP contribution is 2.35. The highest BCUT2D eigenvalue weighted by Gasteiger charge is 2.19. The lowest BCUT2D eigenvalue weighted by molar-refractivity contribution is 0.505. The van der Waals surface area contributed by atoms with Crippen LogP contribution in [-0.4, -0.2) is 0 Å². The van der Waals surface area contributed by atoms with Crippen LogP contribution in [0.5, 0.6) is 0 Å². The maximum absolute atomic E-state index is 11.8. The van der Waals surface area contributed by atoms with E-state index in [-0.39, 0.29) is 5.63 Å². The van der Waals surface area contributed by atoms with Gasteiger partial charge in [0.1, 0.15) is 16.9 Å². The van der Waals surface area contributed by atoms with Gasteiger partial charge < -0.3 is 8.83 Å². The van der Waals surface area contributed by atoms with E-state index in [4.69, 9.17) is 8.83 Å². The van der Waals surface area contributed by atoms with Gasteiger partial charge in [-0.15, -0.1) is 0 Å². The quantitative estimate of drug-likeness (QED) is 0.578. The summed E-state index contributed by atoms with van der Waals surface area (Å²) in [4.78, 5) is 11.8. The van der Waals surface area contributed by atoms with Crippen LogP contribution in [0.15, 0.2) is 25.8 Å². The van der Waals surface area contributed by atoms with Crippen molar-refractivity contribution in [2.45, 2.75) is 39.5 Å². The Morgan fingerprint density at radius 1 is 0.900 bits per heavy atom. The molecule has 0 radical (unpaired) electrons. The third-order valence-electron chi connectivity index (χ3n) is 4.53.